The third kappa shape index (κ3) is 2.66. The highest BCUT2D eigenvalue weighted by molar-refractivity contribution is 7.09. The minimum absolute atomic E-state index is 0.0201. The maximum atomic E-state index is 12.0. The SMILES string of the molecule is CCN(Cc1cccs1)C(=O)[C@@H]1C[C@@H]1C(=O)O. The van der Waals surface area contributed by atoms with Crippen molar-refractivity contribution in [2.24, 2.45) is 11.8 Å². The summed E-state index contributed by atoms with van der Waals surface area (Å²) in [5.74, 6) is -1.63. The van der Waals surface area contributed by atoms with Gasteiger partial charge in [-0.1, -0.05) is 6.07 Å². The molecule has 1 N–H and O–H groups in total. The van der Waals surface area contributed by atoms with E-state index < -0.39 is 11.9 Å². The molecule has 0 spiro atoms. The monoisotopic (exact) mass is 253 g/mol. The van der Waals surface area contributed by atoms with E-state index in [2.05, 4.69) is 0 Å². The Labute approximate surface area is 104 Å². The first-order chi connectivity index (χ1) is 8.13. The molecule has 92 valence electrons. The van der Waals surface area contributed by atoms with Crippen LogP contribution in [-0.4, -0.2) is 28.4 Å². The van der Waals surface area contributed by atoms with E-state index in [1.165, 1.54) is 0 Å². The Morgan fingerprint density at radius 1 is 1.53 bits per heavy atom. The molecule has 1 aliphatic carbocycles. The number of carbonyl (C=O) groups is 2. The number of rotatable bonds is 5. The zero-order valence-electron chi connectivity index (χ0n) is 9.63. The molecule has 0 aliphatic heterocycles. The second kappa shape index (κ2) is 4.87. The van der Waals surface area contributed by atoms with Gasteiger partial charge in [0.2, 0.25) is 5.91 Å². The summed E-state index contributed by atoms with van der Waals surface area (Å²) < 4.78 is 0. The summed E-state index contributed by atoms with van der Waals surface area (Å²) in [7, 11) is 0. The standard InChI is InChI=1S/C12H15NO3S/c1-2-13(7-8-4-3-5-17-8)11(14)9-6-10(9)12(15)16/h3-5,9-10H,2,6-7H2,1H3,(H,15,16)/t9-,10+/m1/s1. The summed E-state index contributed by atoms with van der Waals surface area (Å²) in [6.45, 7) is 3.14. The third-order valence-electron chi connectivity index (χ3n) is 3.05. The highest BCUT2D eigenvalue weighted by atomic mass is 32.1. The van der Waals surface area contributed by atoms with Crippen LogP contribution in [0.1, 0.15) is 18.2 Å². The average molecular weight is 253 g/mol. The Morgan fingerprint density at radius 2 is 2.29 bits per heavy atom. The summed E-state index contributed by atoms with van der Waals surface area (Å²) in [5, 5.41) is 10.8. The first kappa shape index (κ1) is 12.1. The van der Waals surface area contributed by atoms with E-state index in [-0.39, 0.29) is 11.8 Å². The van der Waals surface area contributed by atoms with Crippen LogP contribution in [0.2, 0.25) is 0 Å². The highest BCUT2D eigenvalue weighted by Gasteiger charge is 2.49. The van der Waals surface area contributed by atoms with Crippen molar-refractivity contribution < 1.29 is 14.7 Å². The maximum Gasteiger partial charge on any atom is 0.307 e. The van der Waals surface area contributed by atoms with Crippen LogP contribution >= 0.6 is 11.3 Å². The number of amides is 1. The van der Waals surface area contributed by atoms with Gasteiger partial charge in [-0.05, 0) is 24.8 Å². The minimum Gasteiger partial charge on any atom is -0.481 e. The molecule has 1 heterocycles. The minimum atomic E-state index is -0.851. The summed E-state index contributed by atoms with van der Waals surface area (Å²) in [6.07, 6.45) is 0.495. The molecule has 1 aromatic rings. The maximum absolute atomic E-state index is 12.0. The van der Waals surface area contributed by atoms with Gasteiger partial charge in [-0.3, -0.25) is 9.59 Å². The number of carboxylic acids is 1. The first-order valence-electron chi connectivity index (χ1n) is 5.67. The Bertz CT molecular complexity index is 415. The average Bonchev–Trinajstić information content (AvgIpc) is 2.96. The normalized spacial score (nSPS) is 22.2. The lowest BCUT2D eigenvalue weighted by Gasteiger charge is -2.20. The second-order valence-electron chi connectivity index (χ2n) is 4.22. The van der Waals surface area contributed by atoms with E-state index in [1.54, 1.807) is 16.2 Å². The molecule has 2 atom stereocenters. The Balaban J connectivity index is 1.95. The van der Waals surface area contributed by atoms with Gasteiger partial charge in [0, 0.05) is 11.4 Å². The van der Waals surface area contributed by atoms with Crippen LogP contribution in [-0.2, 0) is 16.1 Å². The number of hydrogen-bond donors (Lipinski definition) is 1. The molecule has 1 aliphatic rings. The van der Waals surface area contributed by atoms with Crippen LogP contribution < -0.4 is 0 Å². The van der Waals surface area contributed by atoms with E-state index in [4.69, 9.17) is 5.11 Å². The van der Waals surface area contributed by atoms with Gasteiger partial charge < -0.3 is 10.0 Å². The molecule has 2 rings (SSSR count). The quantitative estimate of drug-likeness (QED) is 0.870. The fraction of sp³-hybridized carbons (Fsp3) is 0.500. The van der Waals surface area contributed by atoms with Gasteiger partial charge in [0.05, 0.1) is 18.4 Å². The molecule has 4 nitrogen and oxygen atoms in total. The molecule has 17 heavy (non-hydrogen) atoms. The number of thiophene rings is 1. The Kier molecular flexibility index (Phi) is 3.47. The topological polar surface area (TPSA) is 57.6 Å². The fourth-order valence-electron chi connectivity index (χ4n) is 1.91. The van der Waals surface area contributed by atoms with Crippen molar-refractivity contribution >= 4 is 23.2 Å². The zero-order valence-corrected chi connectivity index (χ0v) is 10.4. The molecule has 0 bridgehead atoms. The van der Waals surface area contributed by atoms with Gasteiger partial charge in [-0.15, -0.1) is 11.3 Å². The molecule has 1 aromatic heterocycles. The molecule has 0 saturated heterocycles. The van der Waals surface area contributed by atoms with Crippen LogP contribution in [0.15, 0.2) is 17.5 Å². The largest absolute Gasteiger partial charge is 0.481 e. The summed E-state index contributed by atoms with van der Waals surface area (Å²) in [4.78, 5) is 25.6. The van der Waals surface area contributed by atoms with Gasteiger partial charge in [0.25, 0.3) is 0 Å². The predicted octanol–water partition coefficient (Wildman–Crippen LogP) is 1.82. The molecular formula is C12H15NO3S. The number of hydrogen-bond acceptors (Lipinski definition) is 3. The number of aliphatic carboxylic acids is 1. The number of nitrogens with zero attached hydrogens (tertiary/aromatic N) is 1. The van der Waals surface area contributed by atoms with E-state index in [9.17, 15) is 9.59 Å². The van der Waals surface area contributed by atoms with Crippen LogP contribution in [0, 0.1) is 11.8 Å². The van der Waals surface area contributed by atoms with Gasteiger partial charge in [-0.2, -0.15) is 0 Å². The smallest absolute Gasteiger partial charge is 0.307 e. The summed E-state index contributed by atoms with van der Waals surface area (Å²) >= 11 is 1.61. The molecule has 1 amide bonds. The number of carbonyl (C=O) groups excluding carboxylic acids is 1. The van der Waals surface area contributed by atoms with Crippen molar-refractivity contribution in [3.63, 3.8) is 0 Å². The van der Waals surface area contributed by atoms with Crippen molar-refractivity contribution in [1.29, 1.82) is 0 Å². The van der Waals surface area contributed by atoms with Gasteiger partial charge in [-0.25, -0.2) is 0 Å². The lowest BCUT2D eigenvalue weighted by molar-refractivity contribution is -0.142. The fourth-order valence-corrected chi connectivity index (χ4v) is 2.63. The van der Waals surface area contributed by atoms with Crippen molar-refractivity contribution in [3.05, 3.63) is 22.4 Å². The molecule has 0 unspecified atom stereocenters. The molecule has 1 saturated carbocycles. The van der Waals surface area contributed by atoms with E-state index >= 15 is 0 Å². The molecule has 0 radical (unpaired) electrons. The summed E-state index contributed by atoms with van der Waals surface area (Å²) in [5.41, 5.74) is 0. The van der Waals surface area contributed by atoms with Gasteiger partial charge in [0.15, 0.2) is 0 Å². The van der Waals surface area contributed by atoms with Crippen LogP contribution in [0.5, 0.6) is 0 Å². The third-order valence-corrected chi connectivity index (χ3v) is 3.91. The van der Waals surface area contributed by atoms with Gasteiger partial charge in [0.1, 0.15) is 0 Å². The highest BCUT2D eigenvalue weighted by Crippen LogP contribution is 2.40. The Morgan fingerprint density at radius 3 is 2.76 bits per heavy atom. The van der Waals surface area contributed by atoms with E-state index in [0.717, 1.165) is 4.88 Å². The van der Waals surface area contributed by atoms with Crippen molar-refractivity contribution in [3.8, 4) is 0 Å². The van der Waals surface area contributed by atoms with Crippen LogP contribution in [0.4, 0.5) is 0 Å². The van der Waals surface area contributed by atoms with Crippen LogP contribution in [0.25, 0.3) is 0 Å². The van der Waals surface area contributed by atoms with E-state index in [1.807, 2.05) is 24.4 Å². The predicted molar refractivity (Wildman–Crippen MR) is 64.6 cm³/mol. The van der Waals surface area contributed by atoms with Crippen LogP contribution in [0.3, 0.4) is 0 Å². The second-order valence-corrected chi connectivity index (χ2v) is 5.25. The molecule has 1 fully saturated rings. The lowest BCUT2D eigenvalue weighted by Crippen LogP contribution is -2.32. The molecular weight excluding hydrogens is 238 g/mol. The molecule has 5 heteroatoms. The zero-order chi connectivity index (χ0) is 12.4. The van der Waals surface area contributed by atoms with Crippen molar-refractivity contribution in [2.45, 2.75) is 19.9 Å². The number of carboxylic acid groups (broad SMARTS) is 1. The van der Waals surface area contributed by atoms with Crippen molar-refractivity contribution in [1.82, 2.24) is 4.90 Å². The van der Waals surface area contributed by atoms with Crippen molar-refractivity contribution in [2.75, 3.05) is 6.54 Å². The molecule has 0 aromatic carbocycles. The van der Waals surface area contributed by atoms with E-state index in [0.29, 0.717) is 19.5 Å². The Hall–Kier alpha value is -1.36. The summed E-state index contributed by atoms with van der Waals surface area (Å²) in [6, 6.07) is 3.94. The first-order valence-corrected chi connectivity index (χ1v) is 6.55. The van der Waals surface area contributed by atoms with Gasteiger partial charge >= 0.3 is 5.97 Å². The lowest BCUT2D eigenvalue weighted by atomic mass is 10.2.